The summed E-state index contributed by atoms with van der Waals surface area (Å²) in [6, 6.07) is 0. The molecule has 1 aliphatic carbocycles. The molecule has 4 nitrogen and oxygen atoms in total. The molecular formula is C12H22N4. The van der Waals surface area contributed by atoms with Crippen LogP contribution in [0.15, 0.2) is 0 Å². The Morgan fingerprint density at radius 3 is 2.50 bits per heavy atom. The smallest absolute Gasteiger partial charge is 0.147 e. The van der Waals surface area contributed by atoms with Gasteiger partial charge in [-0.2, -0.15) is 5.10 Å². The van der Waals surface area contributed by atoms with Crippen molar-refractivity contribution in [1.29, 1.82) is 0 Å². The Labute approximate surface area is 97.2 Å². The molecule has 0 atom stereocenters. The van der Waals surface area contributed by atoms with Crippen LogP contribution < -0.4 is 5.73 Å². The van der Waals surface area contributed by atoms with E-state index in [-0.39, 0.29) is 5.41 Å². The van der Waals surface area contributed by atoms with Gasteiger partial charge in [0, 0.05) is 13.5 Å². The minimum Gasteiger partial charge on any atom is -0.330 e. The highest BCUT2D eigenvalue weighted by atomic mass is 15.3. The molecule has 0 aliphatic heterocycles. The summed E-state index contributed by atoms with van der Waals surface area (Å²) in [5.74, 6) is 1.95. The molecule has 2 N–H and O–H groups in total. The van der Waals surface area contributed by atoms with Crippen LogP contribution in [0.5, 0.6) is 0 Å². The maximum atomic E-state index is 5.99. The first kappa shape index (κ1) is 11.6. The van der Waals surface area contributed by atoms with E-state index in [1.165, 1.54) is 32.1 Å². The molecule has 1 saturated carbocycles. The van der Waals surface area contributed by atoms with Gasteiger partial charge in [-0.1, -0.05) is 19.3 Å². The lowest BCUT2D eigenvalue weighted by molar-refractivity contribution is 0.191. The van der Waals surface area contributed by atoms with Gasteiger partial charge in [-0.3, -0.25) is 4.68 Å². The van der Waals surface area contributed by atoms with Gasteiger partial charge in [0.15, 0.2) is 0 Å². The SMILES string of the molecule is Cc1nc(CC2(CN)CCCCC2)n(C)n1. The fourth-order valence-corrected chi connectivity index (χ4v) is 2.80. The Kier molecular flexibility index (Phi) is 3.28. The lowest BCUT2D eigenvalue weighted by atomic mass is 9.72. The minimum absolute atomic E-state index is 0.283. The summed E-state index contributed by atoms with van der Waals surface area (Å²) in [6.07, 6.45) is 7.47. The predicted octanol–water partition coefficient (Wildman–Crippen LogP) is 1.58. The van der Waals surface area contributed by atoms with Crippen LogP contribution in [-0.4, -0.2) is 21.3 Å². The highest BCUT2D eigenvalue weighted by molar-refractivity contribution is 4.98. The topological polar surface area (TPSA) is 56.7 Å². The van der Waals surface area contributed by atoms with Crippen LogP contribution >= 0.6 is 0 Å². The number of aryl methyl sites for hydroxylation is 2. The van der Waals surface area contributed by atoms with Gasteiger partial charge >= 0.3 is 0 Å². The van der Waals surface area contributed by atoms with E-state index in [2.05, 4.69) is 10.1 Å². The predicted molar refractivity (Wildman–Crippen MR) is 64.0 cm³/mol. The normalized spacial score (nSPS) is 19.9. The van der Waals surface area contributed by atoms with E-state index in [1.807, 2.05) is 18.7 Å². The van der Waals surface area contributed by atoms with Gasteiger partial charge in [0.1, 0.15) is 11.6 Å². The molecule has 0 radical (unpaired) electrons. The Hall–Kier alpha value is -0.900. The molecule has 0 aromatic carbocycles. The van der Waals surface area contributed by atoms with Gasteiger partial charge in [-0.05, 0) is 31.7 Å². The van der Waals surface area contributed by atoms with Gasteiger partial charge in [-0.25, -0.2) is 4.98 Å². The molecule has 2 rings (SSSR count). The van der Waals surface area contributed by atoms with Gasteiger partial charge in [-0.15, -0.1) is 0 Å². The lowest BCUT2D eigenvalue weighted by Crippen LogP contribution is -2.35. The number of hydrogen-bond donors (Lipinski definition) is 1. The zero-order valence-electron chi connectivity index (χ0n) is 10.4. The van der Waals surface area contributed by atoms with Crippen molar-refractivity contribution in [2.75, 3.05) is 6.54 Å². The van der Waals surface area contributed by atoms with Crippen molar-refractivity contribution in [2.24, 2.45) is 18.2 Å². The third-order valence-electron chi connectivity index (χ3n) is 3.84. The number of hydrogen-bond acceptors (Lipinski definition) is 3. The Morgan fingerprint density at radius 2 is 2.00 bits per heavy atom. The van der Waals surface area contributed by atoms with Crippen molar-refractivity contribution in [3.8, 4) is 0 Å². The van der Waals surface area contributed by atoms with Gasteiger partial charge < -0.3 is 5.73 Å². The van der Waals surface area contributed by atoms with Crippen LogP contribution in [0.2, 0.25) is 0 Å². The lowest BCUT2D eigenvalue weighted by Gasteiger charge is -2.35. The Morgan fingerprint density at radius 1 is 1.31 bits per heavy atom. The molecule has 0 spiro atoms. The van der Waals surface area contributed by atoms with Crippen molar-refractivity contribution in [3.05, 3.63) is 11.6 Å². The molecule has 1 heterocycles. The maximum Gasteiger partial charge on any atom is 0.147 e. The first-order valence-electron chi connectivity index (χ1n) is 6.22. The molecule has 90 valence electrons. The van der Waals surface area contributed by atoms with E-state index < -0.39 is 0 Å². The first-order valence-corrected chi connectivity index (χ1v) is 6.22. The van der Waals surface area contributed by atoms with E-state index in [0.29, 0.717) is 0 Å². The van der Waals surface area contributed by atoms with Crippen LogP contribution in [0.4, 0.5) is 0 Å². The van der Waals surface area contributed by atoms with Crippen LogP contribution in [0, 0.1) is 12.3 Å². The molecule has 1 aromatic heterocycles. The highest BCUT2D eigenvalue weighted by Gasteiger charge is 2.32. The number of aromatic nitrogens is 3. The van der Waals surface area contributed by atoms with Crippen molar-refractivity contribution >= 4 is 0 Å². The summed E-state index contributed by atoms with van der Waals surface area (Å²) in [5, 5.41) is 4.31. The molecule has 0 amide bonds. The summed E-state index contributed by atoms with van der Waals surface area (Å²) in [6.45, 7) is 2.72. The summed E-state index contributed by atoms with van der Waals surface area (Å²) < 4.78 is 1.90. The van der Waals surface area contributed by atoms with E-state index in [0.717, 1.165) is 24.6 Å². The second-order valence-electron chi connectivity index (χ2n) is 5.14. The standard InChI is InChI=1S/C12H22N4/c1-10-14-11(16(2)15-10)8-12(9-13)6-4-3-5-7-12/h3-9,13H2,1-2H3. The quantitative estimate of drug-likeness (QED) is 0.844. The van der Waals surface area contributed by atoms with E-state index in [9.17, 15) is 0 Å². The summed E-state index contributed by atoms with van der Waals surface area (Å²) in [7, 11) is 1.97. The fraction of sp³-hybridized carbons (Fsp3) is 0.833. The molecular weight excluding hydrogens is 200 g/mol. The van der Waals surface area contributed by atoms with Crippen LogP contribution in [0.1, 0.15) is 43.8 Å². The Bertz CT molecular complexity index is 350. The molecule has 1 aliphatic rings. The monoisotopic (exact) mass is 222 g/mol. The number of rotatable bonds is 3. The molecule has 0 unspecified atom stereocenters. The third kappa shape index (κ3) is 2.26. The average Bonchev–Trinajstić information content (AvgIpc) is 2.59. The number of nitrogens with zero attached hydrogens (tertiary/aromatic N) is 3. The van der Waals surface area contributed by atoms with Crippen molar-refractivity contribution < 1.29 is 0 Å². The molecule has 1 fully saturated rings. The van der Waals surface area contributed by atoms with E-state index in [4.69, 9.17) is 5.73 Å². The molecule has 0 bridgehead atoms. The van der Waals surface area contributed by atoms with Crippen molar-refractivity contribution in [2.45, 2.75) is 45.4 Å². The molecule has 16 heavy (non-hydrogen) atoms. The van der Waals surface area contributed by atoms with Crippen LogP contribution in [0.25, 0.3) is 0 Å². The zero-order valence-corrected chi connectivity index (χ0v) is 10.4. The third-order valence-corrected chi connectivity index (χ3v) is 3.84. The van der Waals surface area contributed by atoms with Gasteiger partial charge in [0.05, 0.1) is 0 Å². The summed E-state index contributed by atoms with van der Waals surface area (Å²) >= 11 is 0. The largest absolute Gasteiger partial charge is 0.330 e. The first-order chi connectivity index (χ1) is 7.65. The zero-order chi connectivity index (χ0) is 11.6. The van der Waals surface area contributed by atoms with Gasteiger partial charge in [0.2, 0.25) is 0 Å². The maximum absolute atomic E-state index is 5.99. The number of nitrogens with two attached hydrogens (primary N) is 1. The molecule has 0 saturated heterocycles. The second kappa shape index (κ2) is 4.53. The van der Waals surface area contributed by atoms with E-state index in [1.54, 1.807) is 0 Å². The Balaban J connectivity index is 2.14. The van der Waals surface area contributed by atoms with Crippen molar-refractivity contribution in [3.63, 3.8) is 0 Å². The van der Waals surface area contributed by atoms with Crippen molar-refractivity contribution in [1.82, 2.24) is 14.8 Å². The highest BCUT2D eigenvalue weighted by Crippen LogP contribution is 2.37. The van der Waals surface area contributed by atoms with Gasteiger partial charge in [0.25, 0.3) is 0 Å². The molecule has 4 heteroatoms. The van der Waals surface area contributed by atoms with Crippen LogP contribution in [-0.2, 0) is 13.5 Å². The summed E-state index contributed by atoms with van der Waals surface area (Å²) in [4.78, 5) is 4.49. The fourth-order valence-electron chi connectivity index (χ4n) is 2.80. The van der Waals surface area contributed by atoms with Crippen LogP contribution in [0.3, 0.4) is 0 Å². The summed E-state index contributed by atoms with van der Waals surface area (Å²) in [5.41, 5.74) is 6.27. The second-order valence-corrected chi connectivity index (χ2v) is 5.14. The average molecular weight is 222 g/mol. The van der Waals surface area contributed by atoms with E-state index >= 15 is 0 Å². The molecule has 1 aromatic rings. The minimum atomic E-state index is 0.283.